The van der Waals surface area contributed by atoms with E-state index < -0.39 is 75.3 Å². The van der Waals surface area contributed by atoms with Gasteiger partial charge in [-0.15, -0.1) is 0 Å². The molecule has 5 nitrogen and oxygen atoms in total. The predicted molar refractivity (Wildman–Crippen MR) is 117 cm³/mol. The maximum Gasteiger partial charge on any atom is 0.435 e. The second kappa shape index (κ2) is 10.6. The number of carbonyl (C=O) groups is 3. The van der Waals surface area contributed by atoms with E-state index in [4.69, 9.17) is 11.6 Å². The van der Waals surface area contributed by atoms with E-state index in [0.29, 0.717) is 0 Å². The average Bonchev–Trinajstić information content (AvgIpc) is 2.79. The molecule has 202 valence electrons. The summed E-state index contributed by atoms with van der Waals surface area (Å²) in [6.45, 7) is 2.78. The number of benzene rings is 2. The summed E-state index contributed by atoms with van der Waals surface area (Å²) in [6, 6.07) is 3.59. The molecule has 2 aromatic rings. The van der Waals surface area contributed by atoms with Crippen LogP contribution in [0.4, 0.5) is 40.8 Å². The lowest BCUT2D eigenvalue weighted by Gasteiger charge is -2.31. The van der Waals surface area contributed by atoms with E-state index in [9.17, 15) is 49.5 Å². The van der Waals surface area contributed by atoms with Gasteiger partial charge in [0.05, 0.1) is 16.3 Å². The van der Waals surface area contributed by atoms with Gasteiger partial charge in [-0.1, -0.05) is 29.8 Å². The van der Waals surface area contributed by atoms with Gasteiger partial charge in [-0.2, -0.15) is 26.3 Å². The molecule has 0 fully saturated rings. The molecule has 0 saturated heterocycles. The van der Waals surface area contributed by atoms with Crippen LogP contribution in [0.5, 0.6) is 0 Å². The Hall–Kier alpha value is -3.22. The molecule has 0 aromatic heterocycles. The van der Waals surface area contributed by atoms with E-state index in [-0.39, 0.29) is 24.2 Å². The standard InChI is InChI=1S/C23H19ClF8N2O3/c1-4-34(3)20(37)16(35)9-12-6-5-7-14(17(12)25)19(36)33-18-11(2)8-13(10-15(18)24)21(26,22(27,28)29)23(30,31)32/h5-8,10H,4,9H2,1-3H3,(H,33,36). The Labute approximate surface area is 210 Å². The molecule has 2 aromatic carbocycles. The molecule has 0 heterocycles. The summed E-state index contributed by atoms with van der Waals surface area (Å²) in [6.07, 6.45) is -13.4. The summed E-state index contributed by atoms with van der Waals surface area (Å²) in [5, 5.41) is 1.19. The van der Waals surface area contributed by atoms with Gasteiger partial charge < -0.3 is 10.2 Å². The highest BCUT2D eigenvalue weighted by molar-refractivity contribution is 6.36. The van der Waals surface area contributed by atoms with Crippen molar-refractivity contribution in [3.8, 4) is 0 Å². The first-order valence-corrected chi connectivity index (χ1v) is 10.7. The van der Waals surface area contributed by atoms with Crippen molar-refractivity contribution in [1.82, 2.24) is 4.90 Å². The average molecular weight is 559 g/mol. The Kier molecular flexibility index (Phi) is 8.63. The Balaban J connectivity index is 2.41. The molecule has 14 heteroatoms. The molecule has 0 aliphatic rings. The van der Waals surface area contributed by atoms with Crippen molar-refractivity contribution in [3.05, 3.63) is 63.4 Å². The SMILES string of the molecule is CCN(C)C(=O)C(=O)Cc1cccc(C(=O)Nc2c(C)cc(C(F)(C(F)(F)F)C(F)(F)F)cc2Cl)c1F. The number of anilines is 1. The highest BCUT2D eigenvalue weighted by Gasteiger charge is 2.73. The van der Waals surface area contributed by atoms with Crippen LogP contribution in [0, 0.1) is 12.7 Å². The molecule has 0 atom stereocenters. The van der Waals surface area contributed by atoms with Crippen molar-refractivity contribution in [1.29, 1.82) is 0 Å². The molecule has 2 amide bonds. The Bertz CT molecular complexity index is 1190. The highest BCUT2D eigenvalue weighted by atomic mass is 35.5. The molecule has 0 saturated carbocycles. The topological polar surface area (TPSA) is 66.5 Å². The summed E-state index contributed by atoms with van der Waals surface area (Å²) in [4.78, 5) is 37.8. The van der Waals surface area contributed by atoms with E-state index in [2.05, 4.69) is 5.32 Å². The van der Waals surface area contributed by atoms with Crippen LogP contribution in [0.15, 0.2) is 30.3 Å². The van der Waals surface area contributed by atoms with Crippen LogP contribution in [-0.4, -0.2) is 48.4 Å². The van der Waals surface area contributed by atoms with Gasteiger partial charge in [0.1, 0.15) is 5.82 Å². The molecular weight excluding hydrogens is 540 g/mol. The third-order valence-electron chi connectivity index (χ3n) is 5.44. The number of aryl methyl sites for hydroxylation is 1. The molecule has 2 rings (SSSR count). The van der Waals surface area contributed by atoms with Crippen LogP contribution >= 0.6 is 11.6 Å². The lowest BCUT2D eigenvalue weighted by molar-refractivity contribution is -0.348. The van der Waals surface area contributed by atoms with Crippen molar-refractivity contribution in [2.24, 2.45) is 0 Å². The van der Waals surface area contributed by atoms with Gasteiger partial charge in [-0.25, -0.2) is 8.78 Å². The zero-order valence-electron chi connectivity index (χ0n) is 19.4. The number of ketones is 1. The van der Waals surface area contributed by atoms with Gasteiger partial charge in [-0.3, -0.25) is 14.4 Å². The first-order chi connectivity index (χ1) is 16.9. The van der Waals surface area contributed by atoms with Crippen molar-refractivity contribution in [3.63, 3.8) is 0 Å². The number of rotatable bonds is 7. The van der Waals surface area contributed by atoms with Gasteiger partial charge in [0.25, 0.3) is 11.8 Å². The summed E-state index contributed by atoms with van der Waals surface area (Å²) >= 11 is 5.79. The molecule has 0 radical (unpaired) electrons. The Morgan fingerprint density at radius 3 is 2.05 bits per heavy atom. The fraction of sp³-hybridized carbons (Fsp3) is 0.348. The molecule has 0 bridgehead atoms. The van der Waals surface area contributed by atoms with E-state index in [1.54, 1.807) is 6.92 Å². The molecular formula is C23H19ClF8N2O3. The van der Waals surface area contributed by atoms with Crippen molar-refractivity contribution >= 4 is 34.9 Å². The van der Waals surface area contributed by atoms with Crippen LogP contribution in [0.1, 0.15) is 34.0 Å². The highest BCUT2D eigenvalue weighted by Crippen LogP contribution is 2.54. The van der Waals surface area contributed by atoms with Crippen LogP contribution in [0.3, 0.4) is 0 Å². The summed E-state index contributed by atoms with van der Waals surface area (Å²) in [5.74, 6) is -4.26. The lowest BCUT2D eigenvalue weighted by atomic mass is 9.92. The normalized spacial score (nSPS) is 12.3. The third-order valence-corrected chi connectivity index (χ3v) is 5.74. The van der Waals surface area contributed by atoms with Crippen LogP contribution in [0.25, 0.3) is 0 Å². The lowest BCUT2D eigenvalue weighted by Crippen LogP contribution is -2.50. The van der Waals surface area contributed by atoms with E-state index >= 15 is 0 Å². The van der Waals surface area contributed by atoms with Gasteiger partial charge in [-0.05, 0) is 37.1 Å². The predicted octanol–water partition coefficient (Wildman–Crippen LogP) is 5.92. The number of Topliss-reactive ketones (excluding diaryl/α,β-unsaturated/α-hetero) is 1. The number of halogens is 9. The fourth-order valence-electron chi connectivity index (χ4n) is 3.27. The van der Waals surface area contributed by atoms with Gasteiger partial charge in [0.2, 0.25) is 5.78 Å². The van der Waals surface area contributed by atoms with E-state index in [1.165, 1.54) is 13.1 Å². The monoisotopic (exact) mass is 558 g/mol. The first-order valence-electron chi connectivity index (χ1n) is 10.4. The Morgan fingerprint density at radius 1 is 1.00 bits per heavy atom. The molecule has 1 N–H and O–H groups in total. The largest absolute Gasteiger partial charge is 0.435 e. The summed E-state index contributed by atoms with van der Waals surface area (Å²) in [7, 11) is 1.36. The van der Waals surface area contributed by atoms with Gasteiger partial charge in [0, 0.05) is 25.6 Å². The molecule has 0 aliphatic carbocycles. The number of nitrogens with one attached hydrogen (secondary N) is 1. The zero-order chi connectivity index (χ0) is 28.5. The van der Waals surface area contributed by atoms with Crippen LogP contribution in [-0.2, 0) is 21.7 Å². The van der Waals surface area contributed by atoms with Gasteiger partial charge in [0.15, 0.2) is 0 Å². The number of alkyl halides is 7. The number of amides is 2. The summed E-state index contributed by atoms with van der Waals surface area (Å²) < 4.78 is 108. The minimum Gasteiger partial charge on any atom is -0.339 e. The van der Waals surface area contributed by atoms with Crippen molar-refractivity contribution < 1.29 is 49.5 Å². The Morgan fingerprint density at radius 2 is 1.57 bits per heavy atom. The van der Waals surface area contributed by atoms with E-state index in [0.717, 1.165) is 24.0 Å². The smallest absolute Gasteiger partial charge is 0.339 e. The molecule has 0 spiro atoms. The third kappa shape index (κ3) is 5.86. The molecule has 0 unspecified atom stereocenters. The maximum absolute atomic E-state index is 14.9. The van der Waals surface area contributed by atoms with Gasteiger partial charge >= 0.3 is 18.0 Å². The quantitative estimate of drug-likeness (QED) is 0.339. The van der Waals surface area contributed by atoms with Crippen molar-refractivity contribution in [2.45, 2.75) is 38.3 Å². The van der Waals surface area contributed by atoms with Crippen LogP contribution < -0.4 is 5.32 Å². The minimum absolute atomic E-state index is 0.0619. The number of hydrogen-bond donors (Lipinski definition) is 1. The fourth-order valence-corrected chi connectivity index (χ4v) is 3.58. The number of carbonyl (C=O) groups excluding carboxylic acids is 3. The minimum atomic E-state index is -6.37. The first kappa shape index (κ1) is 30.0. The number of nitrogens with zero attached hydrogens (tertiary/aromatic N) is 1. The summed E-state index contributed by atoms with van der Waals surface area (Å²) in [5.41, 5.74) is -9.55. The molecule has 0 aliphatic heterocycles. The maximum atomic E-state index is 14.9. The van der Waals surface area contributed by atoms with Crippen LogP contribution in [0.2, 0.25) is 5.02 Å². The number of hydrogen-bond acceptors (Lipinski definition) is 3. The van der Waals surface area contributed by atoms with E-state index in [1.807, 2.05) is 0 Å². The second-order valence-corrected chi connectivity index (χ2v) is 8.36. The second-order valence-electron chi connectivity index (χ2n) is 7.96. The van der Waals surface area contributed by atoms with Crippen molar-refractivity contribution in [2.75, 3.05) is 18.9 Å². The number of likely N-dealkylation sites (N-methyl/N-ethyl adjacent to an activating group) is 1. The zero-order valence-corrected chi connectivity index (χ0v) is 20.1. The molecule has 37 heavy (non-hydrogen) atoms.